The first-order valence-corrected chi connectivity index (χ1v) is 6.79. The van der Waals surface area contributed by atoms with Crippen LogP contribution in [0, 0.1) is 0 Å². The predicted molar refractivity (Wildman–Crippen MR) is 66.9 cm³/mol. The van der Waals surface area contributed by atoms with Crippen LogP contribution < -0.4 is 0 Å². The Kier molecular flexibility index (Phi) is 4.13. The fourth-order valence-electron chi connectivity index (χ4n) is 2.08. The molecule has 1 aliphatic heterocycles. The molecule has 90 valence electrons. The molecule has 0 aliphatic carbocycles. The molecular formula is C10H17ClN4S. The molecule has 1 unspecified atom stereocenters. The highest BCUT2D eigenvalue weighted by Crippen LogP contribution is 2.18. The third-order valence-corrected chi connectivity index (χ3v) is 4.14. The minimum absolute atomic E-state index is 0.538. The zero-order valence-electron chi connectivity index (χ0n) is 9.69. The molecular weight excluding hydrogens is 244 g/mol. The van der Waals surface area contributed by atoms with E-state index in [0.29, 0.717) is 10.5 Å². The van der Waals surface area contributed by atoms with Crippen molar-refractivity contribution in [3.8, 4) is 0 Å². The van der Waals surface area contributed by atoms with Crippen molar-refractivity contribution in [2.24, 2.45) is 0 Å². The van der Waals surface area contributed by atoms with Gasteiger partial charge in [0, 0.05) is 25.7 Å². The topological polar surface area (TPSA) is 32.3 Å². The molecule has 4 nitrogen and oxygen atoms in total. The Morgan fingerprint density at radius 1 is 1.44 bits per heavy atom. The molecule has 2 heterocycles. The summed E-state index contributed by atoms with van der Waals surface area (Å²) in [5.74, 6) is 0. The SMILES string of the molecule is CCC1CN(Cc2nnc(Cl)s2)CCN1C. The number of halogens is 1. The second-order valence-corrected chi connectivity index (χ2v) is 5.87. The Morgan fingerprint density at radius 3 is 2.88 bits per heavy atom. The van der Waals surface area contributed by atoms with E-state index in [4.69, 9.17) is 11.6 Å². The van der Waals surface area contributed by atoms with E-state index in [1.165, 1.54) is 17.8 Å². The van der Waals surface area contributed by atoms with Crippen molar-refractivity contribution >= 4 is 22.9 Å². The first-order valence-electron chi connectivity index (χ1n) is 5.59. The lowest BCUT2D eigenvalue weighted by Crippen LogP contribution is -2.50. The summed E-state index contributed by atoms with van der Waals surface area (Å²) >= 11 is 7.25. The van der Waals surface area contributed by atoms with E-state index in [2.05, 4.69) is 34.0 Å². The maximum Gasteiger partial charge on any atom is 0.207 e. The number of hydrogen-bond donors (Lipinski definition) is 0. The number of hydrogen-bond acceptors (Lipinski definition) is 5. The van der Waals surface area contributed by atoms with Gasteiger partial charge in [-0.05, 0) is 25.1 Å². The number of likely N-dealkylation sites (N-methyl/N-ethyl adjacent to an activating group) is 1. The van der Waals surface area contributed by atoms with Gasteiger partial charge in [-0.3, -0.25) is 4.90 Å². The molecule has 0 N–H and O–H groups in total. The van der Waals surface area contributed by atoms with Crippen molar-refractivity contribution < 1.29 is 0 Å². The van der Waals surface area contributed by atoms with Crippen molar-refractivity contribution in [1.82, 2.24) is 20.0 Å². The Labute approximate surface area is 105 Å². The fourth-order valence-corrected chi connectivity index (χ4v) is 2.99. The summed E-state index contributed by atoms with van der Waals surface area (Å²) in [4.78, 5) is 4.87. The Morgan fingerprint density at radius 2 is 2.25 bits per heavy atom. The second kappa shape index (κ2) is 5.40. The van der Waals surface area contributed by atoms with Crippen LogP contribution in [0.1, 0.15) is 18.4 Å². The van der Waals surface area contributed by atoms with Crippen LogP contribution in [0.4, 0.5) is 0 Å². The van der Waals surface area contributed by atoms with E-state index in [1.807, 2.05) is 0 Å². The van der Waals surface area contributed by atoms with E-state index in [1.54, 1.807) is 0 Å². The number of aromatic nitrogens is 2. The van der Waals surface area contributed by atoms with Gasteiger partial charge in [0.05, 0.1) is 6.54 Å². The summed E-state index contributed by atoms with van der Waals surface area (Å²) in [6.45, 7) is 6.47. The molecule has 0 aromatic carbocycles. The second-order valence-electron chi connectivity index (χ2n) is 4.23. The number of rotatable bonds is 3. The molecule has 1 fully saturated rings. The molecule has 0 amide bonds. The molecule has 16 heavy (non-hydrogen) atoms. The lowest BCUT2D eigenvalue weighted by molar-refractivity contribution is 0.0882. The average Bonchev–Trinajstić information content (AvgIpc) is 2.67. The molecule has 1 aliphatic rings. The van der Waals surface area contributed by atoms with E-state index >= 15 is 0 Å². The van der Waals surface area contributed by atoms with Gasteiger partial charge in [0.2, 0.25) is 4.47 Å². The molecule has 2 rings (SSSR count). The van der Waals surface area contributed by atoms with Crippen LogP contribution in [0.25, 0.3) is 0 Å². The van der Waals surface area contributed by atoms with Crippen LogP contribution in [-0.4, -0.2) is 52.7 Å². The first-order chi connectivity index (χ1) is 7.69. The summed E-state index contributed by atoms with van der Waals surface area (Å²) in [5.41, 5.74) is 0. The van der Waals surface area contributed by atoms with Gasteiger partial charge < -0.3 is 4.90 Å². The van der Waals surface area contributed by atoms with Crippen LogP contribution in [0.3, 0.4) is 0 Å². The van der Waals surface area contributed by atoms with Gasteiger partial charge in [0.1, 0.15) is 5.01 Å². The van der Waals surface area contributed by atoms with E-state index < -0.39 is 0 Å². The van der Waals surface area contributed by atoms with Gasteiger partial charge in [-0.15, -0.1) is 10.2 Å². The van der Waals surface area contributed by atoms with Crippen molar-refractivity contribution in [2.75, 3.05) is 26.7 Å². The molecule has 1 atom stereocenters. The third kappa shape index (κ3) is 2.91. The lowest BCUT2D eigenvalue weighted by Gasteiger charge is -2.38. The first kappa shape index (κ1) is 12.2. The van der Waals surface area contributed by atoms with Crippen molar-refractivity contribution in [2.45, 2.75) is 25.9 Å². The average molecular weight is 261 g/mol. The highest BCUT2D eigenvalue weighted by atomic mass is 35.5. The van der Waals surface area contributed by atoms with Gasteiger partial charge >= 0.3 is 0 Å². The molecule has 1 saturated heterocycles. The van der Waals surface area contributed by atoms with Gasteiger partial charge in [0.15, 0.2) is 0 Å². The van der Waals surface area contributed by atoms with Crippen LogP contribution in [-0.2, 0) is 6.54 Å². The van der Waals surface area contributed by atoms with Gasteiger partial charge in [0.25, 0.3) is 0 Å². The van der Waals surface area contributed by atoms with Crippen LogP contribution in [0.5, 0.6) is 0 Å². The monoisotopic (exact) mass is 260 g/mol. The predicted octanol–water partition coefficient (Wildman–Crippen LogP) is 1.72. The van der Waals surface area contributed by atoms with Crippen molar-refractivity contribution in [3.63, 3.8) is 0 Å². The zero-order valence-corrected chi connectivity index (χ0v) is 11.3. The van der Waals surface area contributed by atoms with Gasteiger partial charge in [-0.25, -0.2) is 0 Å². The maximum absolute atomic E-state index is 5.78. The molecule has 0 saturated carbocycles. The summed E-state index contributed by atoms with van der Waals surface area (Å²) in [6.07, 6.45) is 1.20. The van der Waals surface area contributed by atoms with Crippen LogP contribution in [0.15, 0.2) is 0 Å². The zero-order chi connectivity index (χ0) is 11.5. The molecule has 1 aromatic heterocycles. The summed E-state index contributed by atoms with van der Waals surface area (Å²) < 4.78 is 0.538. The van der Waals surface area contributed by atoms with E-state index in [-0.39, 0.29) is 0 Å². The van der Waals surface area contributed by atoms with E-state index in [0.717, 1.165) is 31.2 Å². The minimum atomic E-state index is 0.538. The lowest BCUT2D eigenvalue weighted by atomic mass is 10.1. The fraction of sp³-hybridized carbons (Fsp3) is 0.800. The summed E-state index contributed by atoms with van der Waals surface area (Å²) in [5, 5.41) is 8.91. The van der Waals surface area contributed by atoms with E-state index in [9.17, 15) is 0 Å². The van der Waals surface area contributed by atoms with Gasteiger partial charge in [-0.1, -0.05) is 18.3 Å². The number of nitrogens with zero attached hydrogens (tertiary/aromatic N) is 4. The summed E-state index contributed by atoms with van der Waals surface area (Å²) in [6, 6.07) is 0.664. The highest BCUT2D eigenvalue weighted by Gasteiger charge is 2.23. The minimum Gasteiger partial charge on any atom is -0.301 e. The molecule has 0 radical (unpaired) electrons. The molecule has 1 aromatic rings. The standard InChI is InChI=1S/C10H17ClN4S/c1-3-8-6-15(5-4-14(8)2)7-9-12-13-10(11)16-9/h8H,3-7H2,1-2H3. The normalized spacial score (nSPS) is 23.8. The third-order valence-electron chi connectivity index (χ3n) is 3.13. The molecule has 0 spiro atoms. The molecule has 0 bridgehead atoms. The Hall–Kier alpha value is -0.230. The van der Waals surface area contributed by atoms with Crippen molar-refractivity contribution in [3.05, 3.63) is 9.47 Å². The number of piperazine rings is 1. The Balaban J connectivity index is 1.91. The van der Waals surface area contributed by atoms with Crippen molar-refractivity contribution in [1.29, 1.82) is 0 Å². The quantitative estimate of drug-likeness (QED) is 0.829. The highest BCUT2D eigenvalue weighted by molar-refractivity contribution is 7.15. The molecule has 6 heteroatoms. The Bertz CT molecular complexity index is 343. The largest absolute Gasteiger partial charge is 0.301 e. The smallest absolute Gasteiger partial charge is 0.207 e. The van der Waals surface area contributed by atoms with Crippen LogP contribution >= 0.6 is 22.9 Å². The summed E-state index contributed by atoms with van der Waals surface area (Å²) in [7, 11) is 2.20. The van der Waals surface area contributed by atoms with Crippen LogP contribution in [0.2, 0.25) is 4.47 Å². The maximum atomic E-state index is 5.78. The van der Waals surface area contributed by atoms with Gasteiger partial charge in [-0.2, -0.15) is 0 Å².